The van der Waals surface area contributed by atoms with Crippen molar-refractivity contribution in [3.8, 4) is 0 Å². The van der Waals surface area contributed by atoms with Gasteiger partial charge in [-0.2, -0.15) is 4.31 Å². The smallest absolute Gasteiger partial charge is 0.243 e. The minimum absolute atomic E-state index is 0. The molecule has 0 aromatic heterocycles. The number of hydrogen-bond acceptors (Lipinski definition) is 3. The zero-order valence-corrected chi connectivity index (χ0v) is 14.3. The van der Waals surface area contributed by atoms with Crippen molar-refractivity contribution >= 4 is 22.4 Å². The van der Waals surface area contributed by atoms with Crippen LogP contribution in [0.5, 0.6) is 0 Å². The van der Waals surface area contributed by atoms with Gasteiger partial charge < -0.3 is 5.73 Å². The Labute approximate surface area is 134 Å². The highest BCUT2D eigenvalue weighted by molar-refractivity contribution is 7.89. The molecule has 1 aliphatic heterocycles. The summed E-state index contributed by atoms with van der Waals surface area (Å²) in [5.41, 5.74) is 6.98. The van der Waals surface area contributed by atoms with Crippen molar-refractivity contribution in [1.82, 2.24) is 4.31 Å². The first-order valence-corrected chi connectivity index (χ1v) is 8.74. The van der Waals surface area contributed by atoms with Crippen LogP contribution in [0.25, 0.3) is 0 Å². The molecule has 4 nitrogen and oxygen atoms in total. The second kappa shape index (κ2) is 7.58. The highest BCUT2D eigenvalue weighted by Gasteiger charge is 2.31. The average Bonchev–Trinajstić information content (AvgIpc) is 2.47. The lowest BCUT2D eigenvalue weighted by Crippen LogP contribution is -2.44. The molecule has 1 aromatic carbocycles. The fourth-order valence-electron chi connectivity index (χ4n) is 2.70. The second-order valence-corrected chi connectivity index (χ2v) is 7.56. The predicted molar refractivity (Wildman–Crippen MR) is 88.2 cm³/mol. The molecule has 0 aliphatic carbocycles. The van der Waals surface area contributed by atoms with Crippen LogP contribution in [-0.2, 0) is 16.4 Å². The summed E-state index contributed by atoms with van der Waals surface area (Å²) in [6.45, 7) is 5.12. The minimum Gasteiger partial charge on any atom is -0.328 e. The Balaban J connectivity index is 0.00000220. The van der Waals surface area contributed by atoms with Gasteiger partial charge in [0, 0.05) is 19.1 Å². The molecule has 0 spiro atoms. The molecule has 0 saturated carbocycles. The molecule has 21 heavy (non-hydrogen) atoms. The van der Waals surface area contributed by atoms with Crippen molar-refractivity contribution in [2.45, 2.75) is 44.0 Å². The van der Waals surface area contributed by atoms with Crippen LogP contribution in [0.1, 0.15) is 32.3 Å². The summed E-state index contributed by atoms with van der Waals surface area (Å²) >= 11 is 0. The van der Waals surface area contributed by atoms with Gasteiger partial charge >= 0.3 is 0 Å². The van der Waals surface area contributed by atoms with Gasteiger partial charge in [0.05, 0.1) is 4.90 Å². The van der Waals surface area contributed by atoms with Crippen molar-refractivity contribution in [3.63, 3.8) is 0 Å². The van der Waals surface area contributed by atoms with E-state index in [0.29, 0.717) is 18.0 Å². The number of piperidine rings is 1. The monoisotopic (exact) mass is 332 g/mol. The van der Waals surface area contributed by atoms with E-state index in [0.717, 1.165) is 24.8 Å². The van der Waals surface area contributed by atoms with Gasteiger partial charge in [-0.25, -0.2) is 8.42 Å². The minimum atomic E-state index is -3.38. The van der Waals surface area contributed by atoms with Crippen molar-refractivity contribution in [1.29, 1.82) is 0 Å². The van der Waals surface area contributed by atoms with E-state index in [4.69, 9.17) is 5.73 Å². The molecule has 0 amide bonds. The van der Waals surface area contributed by atoms with E-state index < -0.39 is 10.0 Å². The third-order valence-electron chi connectivity index (χ3n) is 4.11. The Morgan fingerprint density at radius 1 is 1.43 bits per heavy atom. The van der Waals surface area contributed by atoms with Crippen molar-refractivity contribution in [3.05, 3.63) is 29.8 Å². The number of halogens is 1. The molecule has 0 bridgehead atoms. The van der Waals surface area contributed by atoms with Crippen LogP contribution in [0.3, 0.4) is 0 Å². The third-order valence-corrected chi connectivity index (χ3v) is 5.97. The number of sulfonamides is 1. The fourth-order valence-corrected chi connectivity index (χ4v) is 4.30. The summed E-state index contributed by atoms with van der Waals surface area (Å²) in [6.07, 6.45) is 2.74. The van der Waals surface area contributed by atoms with E-state index >= 15 is 0 Å². The number of hydrogen-bond donors (Lipinski definition) is 1. The zero-order valence-electron chi connectivity index (χ0n) is 12.7. The maximum Gasteiger partial charge on any atom is 0.243 e. The molecule has 120 valence electrons. The van der Waals surface area contributed by atoms with Crippen LogP contribution in [0, 0.1) is 5.92 Å². The fraction of sp³-hybridized carbons (Fsp3) is 0.600. The first-order valence-electron chi connectivity index (χ1n) is 7.30. The van der Waals surface area contributed by atoms with Crippen molar-refractivity contribution in [2.75, 3.05) is 13.1 Å². The normalized spacial score (nSPS) is 21.6. The molecule has 1 saturated heterocycles. The van der Waals surface area contributed by atoms with Gasteiger partial charge in [0.2, 0.25) is 10.0 Å². The Kier molecular flexibility index (Phi) is 6.66. The van der Waals surface area contributed by atoms with Gasteiger partial charge in [0.1, 0.15) is 0 Å². The molecule has 2 N–H and O–H groups in total. The van der Waals surface area contributed by atoms with Crippen LogP contribution in [0.15, 0.2) is 29.2 Å². The van der Waals surface area contributed by atoms with Crippen LogP contribution < -0.4 is 5.73 Å². The Hall–Kier alpha value is -0.620. The largest absolute Gasteiger partial charge is 0.328 e. The molecule has 1 heterocycles. The summed E-state index contributed by atoms with van der Waals surface area (Å²) in [6, 6.07) is 7.28. The van der Waals surface area contributed by atoms with E-state index in [2.05, 4.69) is 0 Å². The maximum absolute atomic E-state index is 12.7. The van der Waals surface area contributed by atoms with Gasteiger partial charge in [-0.1, -0.05) is 19.1 Å². The number of nitrogens with two attached hydrogens (primary N) is 1. The molecule has 2 rings (SSSR count). The van der Waals surface area contributed by atoms with Gasteiger partial charge in [0.25, 0.3) is 0 Å². The van der Waals surface area contributed by atoms with E-state index in [9.17, 15) is 8.42 Å². The van der Waals surface area contributed by atoms with E-state index in [1.54, 1.807) is 16.4 Å². The average molecular weight is 333 g/mol. The van der Waals surface area contributed by atoms with E-state index in [1.807, 2.05) is 26.0 Å². The topological polar surface area (TPSA) is 63.4 Å². The third kappa shape index (κ3) is 4.19. The number of benzene rings is 1. The van der Waals surface area contributed by atoms with Crippen LogP contribution in [-0.4, -0.2) is 31.9 Å². The van der Waals surface area contributed by atoms with E-state index in [1.165, 1.54) is 0 Å². The Morgan fingerprint density at radius 2 is 2.14 bits per heavy atom. The summed E-state index contributed by atoms with van der Waals surface area (Å²) in [4.78, 5) is 0.405. The number of aryl methyl sites for hydroxylation is 1. The summed E-state index contributed by atoms with van der Waals surface area (Å²) in [7, 11) is -3.38. The van der Waals surface area contributed by atoms with Crippen LogP contribution in [0.2, 0.25) is 0 Å². The zero-order chi connectivity index (χ0) is 14.8. The standard InChI is InChI=1S/C15H24N2O2S.ClH/c1-3-13-6-4-8-15(10-13)20(18,19)17-9-5-7-14(11-17)12(2)16;/h4,6,8,10,12,14H,3,5,7,9,11,16H2,1-2H3;1H. The molecular formula is C15H25ClN2O2S. The maximum atomic E-state index is 12.7. The molecule has 1 aliphatic rings. The molecule has 6 heteroatoms. The summed E-state index contributed by atoms with van der Waals surface area (Å²) in [5.74, 6) is 0.257. The first-order chi connectivity index (χ1) is 9.45. The van der Waals surface area contributed by atoms with Gasteiger partial charge in [0.15, 0.2) is 0 Å². The Bertz CT molecular complexity index is 561. The highest BCUT2D eigenvalue weighted by Crippen LogP contribution is 2.25. The van der Waals surface area contributed by atoms with Crippen LogP contribution in [0.4, 0.5) is 0 Å². The lowest BCUT2D eigenvalue weighted by molar-refractivity contribution is 0.243. The number of rotatable bonds is 4. The lowest BCUT2D eigenvalue weighted by atomic mass is 9.93. The number of nitrogens with zero attached hydrogens (tertiary/aromatic N) is 1. The molecule has 1 fully saturated rings. The quantitative estimate of drug-likeness (QED) is 0.921. The van der Waals surface area contributed by atoms with Gasteiger partial charge in [-0.15, -0.1) is 12.4 Å². The molecule has 2 atom stereocenters. The summed E-state index contributed by atoms with van der Waals surface area (Å²) in [5, 5.41) is 0. The molecule has 2 unspecified atom stereocenters. The molecule has 0 radical (unpaired) electrons. The molecule has 1 aromatic rings. The SMILES string of the molecule is CCc1cccc(S(=O)(=O)N2CCCC(C(C)N)C2)c1.Cl. The van der Waals surface area contributed by atoms with Gasteiger partial charge in [-0.05, 0) is 49.8 Å². The van der Waals surface area contributed by atoms with Crippen molar-refractivity contribution in [2.24, 2.45) is 11.7 Å². The van der Waals surface area contributed by atoms with E-state index in [-0.39, 0.29) is 24.4 Å². The predicted octanol–water partition coefficient (Wildman–Crippen LogP) is 2.42. The van der Waals surface area contributed by atoms with Gasteiger partial charge in [-0.3, -0.25) is 0 Å². The lowest BCUT2D eigenvalue weighted by Gasteiger charge is -2.33. The Morgan fingerprint density at radius 3 is 2.76 bits per heavy atom. The van der Waals surface area contributed by atoms with Crippen molar-refractivity contribution < 1.29 is 8.42 Å². The second-order valence-electron chi connectivity index (χ2n) is 5.63. The first kappa shape index (κ1) is 18.4. The van der Waals surface area contributed by atoms with Crippen LogP contribution >= 0.6 is 12.4 Å². The molecular weight excluding hydrogens is 308 g/mol. The highest BCUT2D eigenvalue weighted by atomic mass is 35.5. The summed E-state index contributed by atoms with van der Waals surface area (Å²) < 4.78 is 27.0.